The van der Waals surface area contributed by atoms with Crippen molar-refractivity contribution in [1.29, 1.82) is 0 Å². The van der Waals surface area contributed by atoms with Crippen molar-refractivity contribution in [3.63, 3.8) is 0 Å². The Morgan fingerprint density at radius 3 is 1.96 bits per heavy atom. The molecule has 10 heteroatoms. The number of carbonyl (C=O) groups is 1. The van der Waals surface area contributed by atoms with Gasteiger partial charge in [0.15, 0.2) is 0 Å². The van der Waals surface area contributed by atoms with E-state index in [0.29, 0.717) is 25.4 Å². The molecule has 1 heterocycles. The van der Waals surface area contributed by atoms with Gasteiger partial charge in [0.2, 0.25) is 0 Å². The van der Waals surface area contributed by atoms with Crippen LogP contribution in [0.15, 0.2) is 133 Å². The Balaban J connectivity index is 0.892. The number of halogens is 1. The Bertz CT molecular complexity index is 1900. The lowest BCUT2D eigenvalue weighted by atomic mass is 10.0. The molecule has 0 saturated carbocycles. The van der Waals surface area contributed by atoms with Gasteiger partial charge in [0.25, 0.3) is 0 Å². The monoisotopic (exact) mass is 775 g/mol. The summed E-state index contributed by atoms with van der Waals surface area (Å²) in [5.74, 6) is 1.16. The second-order valence-electron chi connectivity index (χ2n) is 15.4. The van der Waals surface area contributed by atoms with E-state index in [1.54, 1.807) is 17.0 Å². The number of amides is 1. The van der Waals surface area contributed by atoms with Crippen LogP contribution in [-0.4, -0.2) is 69.3 Å². The molecule has 0 radical (unpaired) electrons. The molecule has 56 heavy (non-hydrogen) atoms. The van der Waals surface area contributed by atoms with Crippen LogP contribution >= 0.6 is 0 Å². The average molecular weight is 776 g/mol. The van der Waals surface area contributed by atoms with E-state index < -0.39 is 14.4 Å². The third kappa shape index (κ3) is 10.8. The van der Waals surface area contributed by atoms with Crippen molar-refractivity contribution in [2.45, 2.75) is 63.8 Å². The fourth-order valence-electron chi connectivity index (χ4n) is 7.21. The first-order valence-corrected chi connectivity index (χ1v) is 21.4. The molecule has 1 saturated heterocycles. The van der Waals surface area contributed by atoms with Crippen LogP contribution in [0.2, 0.25) is 5.04 Å². The number of piperidine rings is 1. The maximum Gasteiger partial charge on any atom is 0.410 e. The SMILES string of the molecule is CC(C)(C)[Si](Oc1ccc(OC[C@@H](O)CNCCc2ccc(NC3CCN(C(=O)OCc4ccc(F)cc4)CC3)cc2)cc1)(c1ccccc1)c1ccccc1. The van der Waals surface area contributed by atoms with Gasteiger partial charge in [0.05, 0.1) is 0 Å². The first kappa shape index (κ1) is 40.5. The van der Waals surface area contributed by atoms with Crippen LogP contribution in [0, 0.1) is 5.82 Å². The molecule has 0 aliphatic carbocycles. The van der Waals surface area contributed by atoms with Crippen LogP contribution in [-0.2, 0) is 17.8 Å². The van der Waals surface area contributed by atoms with Crippen molar-refractivity contribution in [2.24, 2.45) is 0 Å². The fourth-order valence-corrected chi connectivity index (χ4v) is 11.6. The van der Waals surface area contributed by atoms with E-state index in [1.165, 1.54) is 28.1 Å². The fraction of sp³-hybridized carbons (Fsp3) is 0.326. The summed E-state index contributed by atoms with van der Waals surface area (Å²) in [6, 6.07) is 43.5. The number of nitrogens with one attached hydrogen (secondary N) is 2. The minimum absolute atomic E-state index is 0.131. The normalized spacial score (nSPS) is 14.2. The zero-order valence-electron chi connectivity index (χ0n) is 32.6. The predicted molar refractivity (Wildman–Crippen MR) is 224 cm³/mol. The lowest BCUT2D eigenvalue weighted by molar-refractivity contribution is 0.0881. The highest BCUT2D eigenvalue weighted by molar-refractivity contribution is 7.00. The summed E-state index contributed by atoms with van der Waals surface area (Å²) in [7, 11) is -2.73. The molecule has 294 valence electrons. The number of hydrogen-bond donors (Lipinski definition) is 3. The number of carbonyl (C=O) groups excluding carboxylic acids is 1. The maximum atomic E-state index is 13.1. The molecule has 6 rings (SSSR count). The lowest BCUT2D eigenvalue weighted by Gasteiger charge is -2.43. The highest BCUT2D eigenvalue weighted by Crippen LogP contribution is 2.38. The Morgan fingerprint density at radius 1 is 0.804 bits per heavy atom. The molecule has 0 aromatic heterocycles. The predicted octanol–water partition coefficient (Wildman–Crippen LogP) is 7.55. The van der Waals surface area contributed by atoms with Gasteiger partial charge in [0, 0.05) is 31.4 Å². The Labute approximate surface area is 331 Å². The number of likely N-dealkylation sites (tertiary alicyclic amines) is 1. The van der Waals surface area contributed by atoms with Gasteiger partial charge in [-0.2, -0.15) is 0 Å². The summed E-state index contributed by atoms with van der Waals surface area (Å²) < 4.78 is 31.6. The summed E-state index contributed by atoms with van der Waals surface area (Å²) in [5.41, 5.74) is 3.01. The van der Waals surface area contributed by atoms with Gasteiger partial charge in [-0.1, -0.05) is 106 Å². The third-order valence-electron chi connectivity index (χ3n) is 10.3. The van der Waals surface area contributed by atoms with E-state index in [9.17, 15) is 14.3 Å². The number of benzene rings is 5. The Hall–Kier alpha value is -5.16. The molecule has 1 fully saturated rings. The highest BCUT2D eigenvalue weighted by Gasteiger charge is 2.52. The second kappa shape index (κ2) is 19.1. The largest absolute Gasteiger partial charge is 0.534 e. The maximum absolute atomic E-state index is 13.1. The minimum atomic E-state index is -2.73. The summed E-state index contributed by atoms with van der Waals surface area (Å²) in [4.78, 5) is 14.2. The molecule has 5 aromatic rings. The van der Waals surface area contributed by atoms with Crippen LogP contribution < -0.4 is 30.2 Å². The molecule has 1 amide bonds. The Kier molecular flexibility index (Phi) is 13.8. The number of aliphatic hydroxyl groups is 1. The van der Waals surface area contributed by atoms with Crippen LogP contribution in [0.4, 0.5) is 14.9 Å². The Morgan fingerprint density at radius 2 is 1.38 bits per heavy atom. The highest BCUT2D eigenvalue weighted by atomic mass is 28.4. The molecule has 5 aromatic carbocycles. The van der Waals surface area contributed by atoms with Gasteiger partial charge in [0.1, 0.15) is 36.6 Å². The molecular formula is C46H54FN3O5Si. The van der Waals surface area contributed by atoms with Gasteiger partial charge in [-0.15, -0.1) is 0 Å². The zero-order chi connectivity index (χ0) is 39.4. The van der Waals surface area contributed by atoms with Crippen LogP contribution in [0.5, 0.6) is 11.5 Å². The molecular weight excluding hydrogens is 722 g/mol. The number of anilines is 1. The van der Waals surface area contributed by atoms with Crippen molar-refractivity contribution in [3.05, 3.63) is 150 Å². The van der Waals surface area contributed by atoms with Crippen LogP contribution in [0.1, 0.15) is 44.7 Å². The second-order valence-corrected chi connectivity index (χ2v) is 19.7. The first-order chi connectivity index (χ1) is 27.1. The summed E-state index contributed by atoms with van der Waals surface area (Å²) >= 11 is 0. The van der Waals surface area contributed by atoms with Crippen LogP contribution in [0.25, 0.3) is 0 Å². The number of ether oxygens (including phenoxy) is 2. The summed E-state index contributed by atoms with van der Waals surface area (Å²) in [6.07, 6.45) is 1.49. The number of aliphatic hydroxyl groups excluding tert-OH is 1. The van der Waals surface area contributed by atoms with Crippen molar-refractivity contribution >= 4 is 30.5 Å². The van der Waals surface area contributed by atoms with E-state index >= 15 is 0 Å². The smallest absolute Gasteiger partial charge is 0.410 e. The molecule has 1 aliphatic rings. The van der Waals surface area contributed by atoms with Crippen molar-refractivity contribution in [2.75, 3.05) is 38.1 Å². The quantitative estimate of drug-likeness (QED) is 0.0705. The molecule has 0 spiro atoms. The first-order valence-electron chi connectivity index (χ1n) is 19.5. The lowest BCUT2D eigenvalue weighted by Crippen LogP contribution is -2.68. The molecule has 8 nitrogen and oxygen atoms in total. The van der Waals surface area contributed by atoms with Crippen molar-refractivity contribution in [1.82, 2.24) is 10.2 Å². The van der Waals surface area contributed by atoms with Gasteiger partial charge >= 0.3 is 14.4 Å². The standard InChI is InChI=1S/C46H54FN3O5Si/c1-46(2,3)56(43-10-6-4-7-11-43,44-12-8-5-9-13-44)55-42-24-22-41(23-25-42)53-34-40(51)32-48-29-26-35-16-20-38(21-17-35)49-39-27-30-50(31-28-39)45(52)54-33-36-14-18-37(47)19-15-36/h4-25,39-40,48-49,51H,26-34H2,1-3H3/t40-/m0/s1. The summed E-state index contributed by atoms with van der Waals surface area (Å²) in [6.45, 7) is 9.48. The average Bonchev–Trinajstić information content (AvgIpc) is 3.22. The minimum Gasteiger partial charge on any atom is -0.534 e. The van der Waals surface area contributed by atoms with Gasteiger partial charge in [-0.3, -0.25) is 0 Å². The molecule has 0 unspecified atom stereocenters. The number of rotatable bonds is 16. The molecule has 1 aliphatic heterocycles. The van der Waals surface area contributed by atoms with Gasteiger partial charge in [-0.25, -0.2) is 9.18 Å². The van der Waals surface area contributed by atoms with E-state index in [4.69, 9.17) is 13.9 Å². The molecule has 3 N–H and O–H groups in total. The summed E-state index contributed by atoms with van der Waals surface area (Å²) in [5, 5.41) is 19.9. The topological polar surface area (TPSA) is 92.3 Å². The van der Waals surface area contributed by atoms with E-state index in [1.807, 2.05) is 36.4 Å². The van der Waals surface area contributed by atoms with E-state index in [0.717, 1.165) is 42.8 Å². The number of hydrogen-bond acceptors (Lipinski definition) is 7. The van der Waals surface area contributed by atoms with E-state index in [-0.39, 0.29) is 36.2 Å². The van der Waals surface area contributed by atoms with Crippen molar-refractivity contribution in [3.8, 4) is 11.5 Å². The van der Waals surface area contributed by atoms with Crippen molar-refractivity contribution < 1.29 is 28.2 Å². The zero-order valence-corrected chi connectivity index (χ0v) is 33.6. The third-order valence-corrected chi connectivity index (χ3v) is 15.2. The van der Waals surface area contributed by atoms with Crippen LogP contribution in [0.3, 0.4) is 0 Å². The number of nitrogens with zero attached hydrogens (tertiary/aromatic N) is 1. The van der Waals surface area contributed by atoms with Gasteiger partial charge < -0.3 is 34.5 Å². The van der Waals surface area contributed by atoms with Gasteiger partial charge in [-0.05, 0) is 101 Å². The molecule has 0 bridgehead atoms. The van der Waals surface area contributed by atoms with E-state index in [2.05, 4.69) is 104 Å². The molecule has 1 atom stereocenters.